The molecule has 1 amide bonds. The number of aromatic amines is 2. The minimum Gasteiger partial charge on any atom is -0.338 e. The van der Waals surface area contributed by atoms with Gasteiger partial charge >= 0.3 is 11.1 Å². The number of H-pyrrole nitrogens is 2. The summed E-state index contributed by atoms with van der Waals surface area (Å²) in [7, 11) is 0. The highest BCUT2D eigenvalue weighted by Gasteiger charge is 2.27. The monoisotopic (exact) mass is 367 g/mol. The lowest BCUT2D eigenvalue weighted by atomic mass is 9.99. The zero-order valence-electron chi connectivity index (χ0n) is 14.5. The Balaban J connectivity index is 1.49. The molecule has 0 spiro atoms. The molecule has 2 N–H and O–H groups in total. The highest BCUT2D eigenvalue weighted by Crippen LogP contribution is 2.23. The Morgan fingerprint density at radius 1 is 1.04 bits per heavy atom. The van der Waals surface area contributed by atoms with E-state index in [0.717, 1.165) is 18.4 Å². The molecule has 6 nitrogen and oxygen atoms in total. The Morgan fingerprint density at radius 3 is 2.48 bits per heavy atom. The van der Waals surface area contributed by atoms with Gasteiger partial charge in [-0.3, -0.25) is 14.4 Å². The third-order valence-electron chi connectivity index (χ3n) is 4.98. The van der Waals surface area contributed by atoms with Crippen LogP contribution in [-0.4, -0.2) is 33.9 Å². The quantitative estimate of drug-likeness (QED) is 0.695. The van der Waals surface area contributed by atoms with Gasteiger partial charge in [0.2, 0.25) is 0 Å². The van der Waals surface area contributed by atoms with Gasteiger partial charge in [-0.15, -0.1) is 0 Å². The Kier molecular flexibility index (Phi) is 4.35. The van der Waals surface area contributed by atoms with Crippen LogP contribution in [0.1, 0.15) is 22.3 Å². The summed E-state index contributed by atoms with van der Waals surface area (Å²) >= 11 is 0. The Labute approximate surface area is 153 Å². The molecule has 1 aliphatic heterocycles. The van der Waals surface area contributed by atoms with E-state index in [4.69, 9.17) is 0 Å². The van der Waals surface area contributed by atoms with Crippen molar-refractivity contribution < 1.29 is 9.18 Å². The molecule has 1 fully saturated rings. The molecule has 1 aromatic heterocycles. The Morgan fingerprint density at radius 2 is 1.74 bits per heavy atom. The summed E-state index contributed by atoms with van der Waals surface area (Å²) in [6, 6.07) is 11.3. The zero-order chi connectivity index (χ0) is 19.0. The molecule has 2 aromatic carbocycles. The molecular weight excluding hydrogens is 349 g/mol. The van der Waals surface area contributed by atoms with Crippen molar-refractivity contribution in [1.29, 1.82) is 0 Å². The minimum atomic E-state index is -0.743. The van der Waals surface area contributed by atoms with Gasteiger partial charge in [0, 0.05) is 18.7 Å². The minimum absolute atomic E-state index is 0.106. The first kappa shape index (κ1) is 17.2. The second kappa shape index (κ2) is 6.83. The van der Waals surface area contributed by atoms with Gasteiger partial charge in [-0.2, -0.15) is 0 Å². The average molecular weight is 367 g/mol. The van der Waals surface area contributed by atoms with Gasteiger partial charge in [0.05, 0.1) is 11.0 Å². The first-order chi connectivity index (χ1) is 13.0. The number of fused-ring (bicyclic) bond motifs is 1. The van der Waals surface area contributed by atoms with Crippen molar-refractivity contribution in [3.63, 3.8) is 0 Å². The zero-order valence-corrected chi connectivity index (χ0v) is 14.5. The highest BCUT2D eigenvalue weighted by atomic mass is 19.1. The lowest BCUT2D eigenvalue weighted by Gasteiger charge is -2.17. The molecule has 0 saturated carbocycles. The fourth-order valence-electron chi connectivity index (χ4n) is 3.57. The molecule has 2 heterocycles. The van der Waals surface area contributed by atoms with E-state index >= 15 is 0 Å². The second-order valence-corrected chi connectivity index (χ2v) is 6.91. The maximum absolute atomic E-state index is 13.0. The summed E-state index contributed by atoms with van der Waals surface area (Å²) in [6.07, 6.45) is 1.69. The van der Waals surface area contributed by atoms with E-state index in [0.29, 0.717) is 35.6 Å². The van der Waals surface area contributed by atoms with Crippen molar-refractivity contribution >= 4 is 16.9 Å². The van der Waals surface area contributed by atoms with Crippen molar-refractivity contribution in [2.75, 3.05) is 13.1 Å². The number of likely N-dealkylation sites (tertiary alicyclic amines) is 1. The number of benzene rings is 2. The van der Waals surface area contributed by atoms with E-state index in [1.807, 2.05) is 0 Å². The number of rotatable bonds is 3. The van der Waals surface area contributed by atoms with E-state index in [1.165, 1.54) is 12.1 Å². The number of hydrogen-bond donors (Lipinski definition) is 2. The molecule has 1 saturated heterocycles. The number of nitrogens with zero attached hydrogens (tertiary/aromatic N) is 1. The largest absolute Gasteiger partial charge is 0.338 e. The van der Waals surface area contributed by atoms with Gasteiger partial charge in [0.15, 0.2) is 0 Å². The molecule has 7 heteroatoms. The fraction of sp³-hybridized carbons (Fsp3) is 0.250. The standard InChI is InChI=1S/C20H18FN3O3/c21-15-4-1-12(2-5-15)9-13-7-8-24(11-13)20(27)14-3-6-16-17(10-14)23-19(26)18(25)22-16/h1-6,10,13H,7-9,11H2,(H,22,25)(H,23,26). The first-order valence-electron chi connectivity index (χ1n) is 8.80. The van der Waals surface area contributed by atoms with E-state index in [9.17, 15) is 18.8 Å². The molecular formula is C20H18FN3O3. The summed E-state index contributed by atoms with van der Waals surface area (Å²) in [6.45, 7) is 1.29. The summed E-state index contributed by atoms with van der Waals surface area (Å²) in [5.41, 5.74) is 0.965. The molecule has 0 aliphatic carbocycles. The number of hydrogen-bond acceptors (Lipinski definition) is 3. The number of nitrogens with one attached hydrogen (secondary N) is 2. The van der Waals surface area contributed by atoms with Crippen LogP contribution < -0.4 is 11.1 Å². The number of halogens is 1. The molecule has 3 aromatic rings. The molecule has 1 unspecified atom stereocenters. The number of amides is 1. The predicted octanol–water partition coefficient (Wildman–Crippen LogP) is 2.06. The van der Waals surface area contributed by atoms with Crippen molar-refractivity contribution in [2.45, 2.75) is 12.8 Å². The Bertz CT molecular complexity index is 1120. The predicted molar refractivity (Wildman–Crippen MR) is 99.3 cm³/mol. The normalized spacial score (nSPS) is 16.8. The van der Waals surface area contributed by atoms with E-state index in [2.05, 4.69) is 9.97 Å². The van der Waals surface area contributed by atoms with E-state index < -0.39 is 11.1 Å². The summed E-state index contributed by atoms with van der Waals surface area (Å²) < 4.78 is 13.0. The number of carbonyl (C=O) groups is 1. The van der Waals surface area contributed by atoms with Crippen molar-refractivity contribution in [1.82, 2.24) is 14.9 Å². The Hall–Kier alpha value is -3.22. The van der Waals surface area contributed by atoms with Gasteiger partial charge in [0.25, 0.3) is 5.91 Å². The number of aromatic nitrogens is 2. The maximum atomic E-state index is 13.0. The van der Waals surface area contributed by atoms with Crippen LogP contribution in [-0.2, 0) is 6.42 Å². The lowest BCUT2D eigenvalue weighted by molar-refractivity contribution is 0.0787. The topological polar surface area (TPSA) is 86.0 Å². The summed E-state index contributed by atoms with van der Waals surface area (Å²) in [5, 5.41) is 0. The molecule has 1 atom stereocenters. The second-order valence-electron chi connectivity index (χ2n) is 6.91. The van der Waals surface area contributed by atoms with Gasteiger partial charge < -0.3 is 14.9 Å². The average Bonchev–Trinajstić information content (AvgIpc) is 3.12. The molecule has 0 radical (unpaired) electrons. The van der Waals surface area contributed by atoms with Crippen LogP contribution in [0.4, 0.5) is 4.39 Å². The van der Waals surface area contributed by atoms with E-state index in [1.54, 1.807) is 35.2 Å². The van der Waals surface area contributed by atoms with Crippen LogP contribution in [0.3, 0.4) is 0 Å². The third-order valence-corrected chi connectivity index (χ3v) is 4.98. The van der Waals surface area contributed by atoms with Crippen molar-refractivity contribution in [2.24, 2.45) is 5.92 Å². The van der Waals surface area contributed by atoms with Crippen LogP contribution in [0.2, 0.25) is 0 Å². The summed E-state index contributed by atoms with van der Waals surface area (Å²) in [4.78, 5) is 42.4. The molecule has 4 rings (SSSR count). The van der Waals surface area contributed by atoms with Gasteiger partial charge in [-0.05, 0) is 54.7 Å². The lowest BCUT2D eigenvalue weighted by Crippen LogP contribution is -2.30. The van der Waals surface area contributed by atoms with E-state index in [-0.39, 0.29) is 11.7 Å². The van der Waals surface area contributed by atoms with Crippen LogP contribution >= 0.6 is 0 Å². The van der Waals surface area contributed by atoms with Crippen LogP contribution in [0.5, 0.6) is 0 Å². The summed E-state index contributed by atoms with van der Waals surface area (Å²) in [5.74, 6) is -0.0285. The third kappa shape index (κ3) is 3.53. The van der Waals surface area contributed by atoms with Crippen molar-refractivity contribution in [3.05, 3.63) is 80.1 Å². The first-order valence-corrected chi connectivity index (χ1v) is 8.80. The van der Waals surface area contributed by atoms with Gasteiger partial charge in [0.1, 0.15) is 5.82 Å². The maximum Gasteiger partial charge on any atom is 0.314 e. The van der Waals surface area contributed by atoms with Gasteiger partial charge in [-0.25, -0.2) is 4.39 Å². The molecule has 138 valence electrons. The van der Waals surface area contributed by atoms with Crippen molar-refractivity contribution in [3.8, 4) is 0 Å². The fourth-order valence-corrected chi connectivity index (χ4v) is 3.57. The molecule has 1 aliphatic rings. The molecule has 0 bridgehead atoms. The van der Waals surface area contributed by atoms with Crippen LogP contribution in [0.25, 0.3) is 11.0 Å². The van der Waals surface area contributed by atoms with Crippen LogP contribution in [0, 0.1) is 11.7 Å². The smallest absolute Gasteiger partial charge is 0.314 e. The molecule has 27 heavy (non-hydrogen) atoms. The highest BCUT2D eigenvalue weighted by molar-refractivity contribution is 5.97. The SMILES string of the molecule is O=C(c1ccc2[nH]c(=O)c(=O)[nH]c2c1)N1CCC(Cc2ccc(F)cc2)C1. The number of carbonyl (C=O) groups excluding carboxylic acids is 1. The van der Waals surface area contributed by atoms with Crippen LogP contribution in [0.15, 0.2) is 52.1 Å². The van der Waals surface area contributed by atoms with Gasteiger partial charge in [-0.1, -0.05) is 12.1 Å².